The van der Waals surface area contributed by atoms with Gasteiger partial charge in [0.05, 0.1) is 26.3 Å². The number of nitrogens with zero attached hydrogens (tertiary/aromatic N) is 4. The number of nitriles is 1. The SMILES string of the molecule is N#Cc1ccc([N+](=O)[O-])c(-n2cc(I)cn2)c1. The van der Waals surface area contributed by atoms with Crippen molar-refractivity contribution in [3.8, 4) is 11.8 Å². The monoisotopic (exact) mass is 340 g/mol. The zero-order chi connectivity index (χ0) is 12.4. The summed E-state index contributed by atoms with van der Waals surface area (Å²) in [4.78, 5) is 10.4. The molecule has 0 bridgehead atoms. The molecule has 6 nitrogen and oxygen atoms in total. The number of aromatic nitrogens is 2. The molecule has 1 heterocycles. The fourth-order valence-electron chi connectivity index (χ4n) is 1.36. The highest BCUT2D eigenvalue weighted by molar-refractivity contribution is 14.1. The lowest BCUT2D eigenvalue weighted by atomic mass is 10.2. The van der Waals surface area contributed by atoms with Crippen LogP contribution >= 0.6 is 22.6 Å². The van der Waals surface area contributed by atoms with Crippen molar-refractivity contribution in [3.63, 3.8) is 0 Å². The van der Waals surface area contributed by atoms with E-state index in [0.29, 0.717) is 5.56 Å². The standard InChI is InChI=1S/C10H5IN4O2/c11-8-5-13-14(6-8)10-3-7(4-12)1-2-9(10)15(16)17/h1-3,5-6H. The molecule has 1 aromatic carbocycles. The first-order valence-corrected chi connectivity index (χ1v) is 5.59. The molecule has 0 atom stereocenters. The smallest absolute Gasteiger partial charge is 0.258 e. The average Bonchev–Trinajstić information content (AvgIpc) is 2.75. The molecule has 1 aromatic heterocycles. The molecular formula is C10H5IN4O2. The van der Waals surface area contributed by atoms with Crippen molar-refractivity contribution in [2.45, 2.75) is 0 Å². The van der Waals surface area contributed by atoms with E-state index in [9.17, 15) is 10.1 Å². The van der Waals surface area contributed by atoms with E-state index in [0.717, 1.165) is 3.57 Å². The third-order valence-corrected chi connectivity index (χ3v) is 2.66. The van der Waals surface area contributed by atoms with Gasteiger partial charge in [0.25, 0.3) is 5.69 Å². The summed E-state index contributed by atoms with van der Waals surface area (Å²) in [6.45, 7) is 0. The fraction of sp³-hybridized carbons (Fsp3) is 0. The Bertz CT molecular complexity index is 629. The van der Waals surface area contributed by atoms with Gasteiger partial charge in [-0.2, -0.15) is 10.4 Å². The van der Waals surface area contributed by atoms with Gasteiger partial charge in [-0.15, -0.1) is 0 Å². The van der Waals surface area contributed by atoms with E-state index in [-0.39, 0.29) is 11.4 Å². The van der Waals surface area contributed by atoms with Crippen LogP contribution in [0, 0.1) is 25.0 Å². The first-order valence-electron chi connectivity index (χ1n) is 4.51. The second-order valence-electron chi connectivity index (χ2n) is 3.18. The van der Waals surface area contributed by atoms with E-state index in [1.807, 2.05) is 6.07 Å². The molecule has 2 rings (SSSR count). The second kappa shape index (κ2) is 4.50. The Morgan fingerprint density at radius 2 is 2.29 bits per heavy atom. The Balaban J connectivity index is 2.65. The number of nitro benzene ring substituents is 1. The van der Waals surface area contributed by atoms with Crippen LogP contribution in [0.1, 0.15) is 5.56 Å². The topological polar surface area (TPSA) is 84.7 Å². The summed E-state index contributed by atoms with van der Waals surface area (Å²) in [5.41, 5.74) is 0.566. The highest BCUT2D eigenvalue weighted by Crippen LogP contribution is 2.23. The zero-order valence-corrected chi connectivity index (χ0v) is 10.5. The third-order valence-electron chi connectivity index (χ3n) is 2.10. The second-order valence-corrected chi connectivity index (χ2v) is 4.42. The minimum atomic E-state index is -0.495. The number of halogens is 1. The molecule has 0 aliphatic carbocycles. The Hall–Kier alpha value is -1.95. The average molecular weight is 340 g/mol. The van der Waals surface area contributed by atoms with Crippen LogP contribution in [0.5, 0.6) is 0 Å². The van der Waals surface area contributed by atoms with Gasteiger partial charge in [-0.25, -0.2) is 4.68 Å². The quantitative estimate of drug-likeness (QED) is 0.477. The maximum atomic E-state index is 10.9. The van der Waals surface area contributed by atoms with E-state index < -0.39 is 4.92 Å². The molecule has 17 heavy (non-hydrogen) atoms. The molecule has 0 saturated heterocycles. The first-order chi connectivity index (χ1) is 8.11. The summed E-state index contributed by atoms with van der Waals surface area (Å²) in [6, 6.07) is 6.11. The van der Waals surface area contributed by atoms with Gasteiger partial charge in [0, 0.05) is 12.3 Å². The van der Waals surface area contributed by atoms with E-state index in [4.69, 9.17) is 5.26 Å². The zero-order valence-electron chi connectivity index (χ0n) is 8.37. The molecular weight excluding hydrogens is 335 g/mol. The van der Waals surface area contributed by atoms with Crippen molar-refractivity contribution < 1.29 is 4.92 Å². The van der Waals surface area contributed by atoms with Crippen molar-refractivity contribution >= 4 is 28.3 Å². The first kappa shape index (κ1) is 11.5. The van der Waals surface area contributed by atoms with E-state index in [1.165, 1.54) is 22.9 Å². The van der Waals surface area contributed by atoms with Crippen LogP contribution in [0.25, 0.3) is 5.69 Å². The minimum absolute atomic E-state index is 0.0801. The molecule has 0 aliphatic rings. The molecule has 0 amide bonds. The Labute approximate surface area is 110 Å². The molecule has 0 spiro atoms. The third kappa shape index (κ3) is 2.26. The van der Waals surface area contributed by atoms with Gasteiger partial charge >= 0.3 is 0 Å². The molecule has 0 aliphatic heterocycles. The molecule has 0 fully saturated rings. The van der Waals surface area contributed by atoms with Gasteiger partial charge in [0.1, 0.15) is 5.69 Å². The molecule has 0 radical (unpaired) electrons. The van der Waals surface area contributed by atoms with Crippen LogP contribution in [0.15, 0.2) is 30.6 Å². The summed E-state index contributed by atoms with van der Waals surface area (Å²) >= 11 is 2.06. The van der Waals surface area contributed by atoms with Crippen molar-refractivity contribution in [2.24, 2.45) is 0 Å². The molecule has 0 unspecified atom stereocenters. The molecule has 2 aromatic rings. The number of benzene rings is 1. The minimum Gasteiger partial charge on any atom is -0.258 e. The van der Waals surface area contributed by atoms with Crippen LogP contribution < -0.4 is 0 Å². The van der Waals surface area contributed by atoms with Crippen LogP contribution in [-0.2, 0) is 0 Å². The highest BCUT2D eigenvalue weighted by atomic mass is 127. The molecule has 7 heteroatoms. The van der Waals surface area contributed by atoms with Crippen molar-refractivity contribution in [2.75, 3.05) is 0 Å². The van der Waals surface area contributed by atoms with Gasteiger partial charge < -0.3 is 0 Å². The molecule has 0 saturated carbocycles. The van der Waals surface area contributed by atoms with Crippen molar-refractivity contribution in [1.29, 1.82) is 5.26 Å². The van der Waals surface area contributed by atoms with Crippen molar-refractivity contribution in [3.05, 3.63) is 49.8 Å². The number of rotatable bonds is 2. The van der Waals surface area contributed by atoms with Gasteiger partial charge in [0.15, 0.2) is 0 Å². The van der Waals surface area contributed by atoms with Crippen LogP contribution in [0.3, 0.4) is 0 Å². The van der Waals surface area contributed by atoms with Gasteiger partial charge in [-0.3, -0.25) is 10.1 Å². The lowest BCUT2D eigenvalue weighted by Crippen LogP contribution is -2.01. The summed E-state index contributed by atoms with van der Waals surface area (Å²) < 4.78 is 2.25. The number of hydrogen-bond acceptors (Lipinski definition) is 4. The summed E-state index contributed by atoms with van der Waals surface area (Å²) in [7, 11) is 0. The predicted octanol–water partition coefficient (Wildman–Crippen LogP) is 2.26. The largest absolute Gasteiger partial charge is 0.294 e. The Morgan fingerprint density at radius 1 is 1.53 bits per heavy atom. The summed E-state index contributed by atoms with van der Waals surface area (Å²) in [5.74, 6) is 0. The predicted molar refractivity (Wildman–Crippen MR) is 67.7 cm³/mol. The lowest BCUT2D eigenvalue weighted by Gasteiger charge is -2.02. The maximum Gasteiger partial charge on any atom is 0.294 e. The van der Waals surface area contributed by atoms with Gasteiger partial charge in [0.2, 0.25) is 0 Å². The van der Waals surface area contributed by atoms with Gasteiger partial charge in [-0.1, -0.05) is 0 Å². The van der Waals surface area contributed by atoms with Crippen LogP contribution in [0.2, 0.25) is 0 Å². The van der Waals surface area contributed by atoms with E-state index in [1.54, 1.807) is 12.4 Å². The normalized spacial score (nSPS) is 9.88. The van der Waals surface area contributed by atoms with Crippen LogP contribution in [0.4, 0.5) is 5.69 Å². The van der Waals surface area contributed by atoms with E-state index in [2.05, 4.69) is 27.7 Å². The Kier molecular flexibility index (Phi) is 3.06. The fourth-order valence-corrected chi connectivity index (χ4v) is 1.75. The highest BCUT2D eigenvalue weighted by Gasteiger charge is 2.16. The van der Waals surface area contributed by atoms with Gasteiger partial charge in [-0.05, 0) is 34.7 Å². The molecule has 84 valence electrons. The maximum absolute atomic E-state index is 10.9. The van der Waals surface area contributed by atoms with Crippen LogP contribution in [-0.4, -0.2) is 14.7 Å². The Morgan fingerprint density at radius 3 is 2.82 bits per heavy atom. The number of hydrogen-bond donors (Lipinski definition) is 0. The number of nitro groups is 1. The molecule has 0 N–H and O–H groups in total. The van der Waals surface area contributed by atoms with E-state index >= 15 is 0 Å². The summed E-state index contributed by atoms with van der Waals surface area (Å²) in [6.07, 6.45) is 3.24. The lowest BCUT2D eigenvalue weighted by molar-refractivity contribution is -0.384. The van der Waals surface area contributed by atoms with Crippen molar-refractivity contribution in [1.82, 2.24) is 9.78 Å². The summed E-state index contributed by atoms with van der Waals surface area (Å²) in [5, 5.41) is 23.7.